The summed E-state index contributed by atoms with van der Waals surface area (Å²) < 4.78 is 136. The van der Waals surface area contributed by atoms with Crippen molar-refractivity contribution < 1.29 is 113 Å². The van der Waals surface area contributed by atoms with Gasteiger partial charge in [-0.1, -0.05) is 72.8 Å². The summed E-state index contributed by atoms with van der Waals surface area (Å²) in [5, 5.41) is 19.6. The Kier molecular flexibility index (Phi) is 17.4. The van der Waals surface area contributed by atoms with E-state index in [1.807, 2.05) is 97.1 Å². The van der Waals surface area contributed by atoms with Crippen LogP contribution in [0.25, 0.3) is 0 Å². The number of halogens is 12. The van der Waals surface area contributed by atoms with Gasteiger partial charge in [-0.05, 0) is 60.1 Å². The number of para-hydroxylation sites is 4. The Morgan fingerprint density at radius 1 is 0.450 bits per heavy atom. The maximum Gasteiger partial charge on any atom is 0.454 e. The second kappa shape index (κ2) is 20.6. The fourth-order valence-electron chi connectivity index (χ4n) is 4.53. The minimum absolute atomic E-state index is 0. The van der Waals surface area contributed by atoms with Gasteiger partial charge in [0.05, 0.1) is 22.7 Å². The van der Waals surface area contributed by atoms with Gasteiger partial charge < -0.3 is 10.2 Å². The first-order valence-corrected chi connectivity index (χ1v) is 15.8. The molecule has 0 spiro atoms. The van der Waals surface area contributed by atoms with E-state index in [2.05, 4.69) is 12.1 Å². The van der Waals surface area contributed by atoms with Crippen molar-refractivity contribution in [2.75, 3.05) is 0 Å². The Hall–Kier alpha value is -5.54. The zero-order chi connectivity index (χ0) is 43.1. The zero-order valence-electron chi connectivity index (χ0n) is 29.1. The van der Waals surface area contributed by atoms with Crippen molar-refractivity contribution >= 4 is 57.2 Å². The van der Waals surface area contributed by atoms with Crippen LogP contribution < -0.4 is 10.2 Å². The number of benzene rings is 4. The topological polar surface area (TPSA) is 130 Å². The van der Waals surface area contributed by atoms with E-state index in [0.29, 0.717) is 0 Å². The Labute approximate surface area is 357 Å². The number of fused-ring (bicyclic) bond motifs is 2. The third kappa shape index (κ3) is 13.8. The Morgan fingerprint density at radius 3 is 1.02 bits per heavy atom. The Balaban J connectivity index is 0.000000373. The average molecular weight is 1040 g/mol. The number of nitrogens with zero attached hydrogens (tertiary/aromatic N) is 4. The van der Waals surface area contributed by atoms with E-state index in [-0.39, 0.29) is 40.8 Å². The number of aliphatic imine (C=N–C) groups is 4. The minimum Gasteiger partial charge on any atom is -0.869 e. The molecular formula is C38H20F12N4O4Pd2-2. The van der Waals surface area contributed by atoms with Crippen molar-refractivity contribution in [2.45, 2.75) is 24.7 Å². The van der Waals surface area contributed by atoms with Gasteiger partial charge in [0.25, 0.3) is 11.6 Å². The van der Waals surface area contributed by atoms with Crippen molar-refractivity contribution in [1.29, 1.82) is 0 Å². The molecule has 0 atom stereocenters. The van der Waals surface area contributed by atoms with Crippen LogP contribution >= 0.6 is 0 Å². The van der Waals surface area contributed by atoms with Crippen molar-refractivity contribution in [3.63, 3.8) is 0 Å². The number of carbonyl (C=O) groups excluding carboxylic acids is 2. The van der Waals surface area contributed by atoms with E-state index in [0.717, 1.165) is 56.7 Å². The number of alkyl halides is 12. The minimum atomic E-state index is -5.46. The summed E-state index contributed by atoms with van der Waals surface area (Å²) in [6.45, 7) is 0. The molecule has 0 unspecified atom stereocenters. The molecule has 0 radical (unpaired) electrons. The van der Waals surface area contributed by atoms with Crippen LogP contribution in [-0.2, 0) is 50.4 Å². The molecule has 6 rings (SSSR count). The fourth-order valence-corrected chi connectivity index (χ4v) is 4.53. The number of rotatable bonds is 5. The van der Waals surface area contributed by atoms with Gasteiger partial charge in [0.15, 0.2) is 0 Å². The first-order valence-electron chi connectivity index (χ1n) is 15.8. The second-order valence-electron chi connectivity index (χ2n) is 11.3. The largest absolute Gasteiger partial charge is 0.869 e. The predicted octanol–water partition coefficient (Wildman–Crippen LogP) is 8.64. The average Bonchev–Trinajstić information content (AvgIpc) is 3.69. The fraction of sp³-hybridized carbons (Fsp3) is 0.105. The van der Waals surface area contributed by atoms with E-state index in [9.17, 15) is 72.5 Å². The van der Waals surface area contributed by atoms with E-state index in [4.69, 9.17) is 20.0 Å². The first kappa shape index (κ1) is 50.6. The van der Waals surface area contributed by atoms with Gasteiger partial charge >= 0.3 is 24.7 Å². The summed E-state index contributed by atoms with van der Waals surface area (Å²) in [5.74, 6) is -11.3. The zero-order valence-corrected chi connectivity index (χ0v) is 32.2. The molecule has 0 bridgehead atoms. The van der Waals surface area contributed by atoms with Gasteiger partial charge in [0.2, 0.25) is 0 Å². The molecule has 2 aliphatic rings. The third-order valence-electron chi connectivity index (χ3n) is 7.09. The number of carbonyl (C=O) groups is 2. The van der Waals surface area contributed by atoms with Crippen LogP contribution in [0.2, 0.25) is 0 Å². The molecule has 0 saturated carbocycles. The van der Waals surface area contributed by atoms with Gasteiger partial charge in [-0.25, -0.2) is 20.0 Å². The third-order valence-corrected chi connectivity index (χ3v) is 7.09. The van der Waals surface area contributed by atoms with Gasteiger partial charge in [-0.3, -0.25) is 9.59 Å². The molecule has 0 saturated heterocycles. The summed E-state index contributed by atoms with van der Waals surface area (Å²) in [6.07, 6.45) is -23.9. The number of ketones is 2. The van der Waals surface area contributed by atoms with Crippen LogP contribution in [0.3, 0.4) is 0 Å². The predicted molar refractivity (Wildman–Crippen MR) is 183 cm³/mol. The summed E-state index contributed by atoms with van der Waals surface area (Å²) >= 11 is 0. The van der Waals surface area contributed by atoms with Crippen LogP contribution in [0.15, 0.2) is 153 Å². The maximum atomic E-state index is 11.3. The van der Waals surface area contributed by atoms with Crippen LogP contribution in [-0.4, -0.2) is 59.1 Å². The first-order chi connectivity index (χ1) is 27.0. The normalized spacial score (nSPS) is 15.1. The molecule has 4 aromatic rings. The van der Waals surface area contributed by atoms with Gasteiger partial charge in [0.1, 0.15) is 22.8 Å². The smallest absolute Gasteiger partial charge is 0.454 e. The quantitative estimate of drug-likeness (QED) is 0.0858. The molecule has 2 heterocycles. The van der Waals surface area contributed by atoms with Crippen molar-refractivity contribution in [3.8, 4) is 0 Å². The van der Waals surface area contributed by atoms with Gasteiger partial charge in [-0.2, -0.15) is 52.7 Å². The molecule has 4 aromatic carbocycles. The molecule has 0 fully saturated rings. The molecular weight excluding hydrogens is 1020 g/mol. The van der Waals surface area contributed by atoms with E-state index in [1.54, 1.807) is 0 Å². The van der Waals surface area contributed by atoms with Gasteiger partial charge in [0, 0.05) is 52.0 Å². The van der Waals surface area contributed by atoms with Crippen LogP contribution in [0.5, 0.6) is 0 Å². The molecule has 0 N–H and O–H groups in total. The van der Waals surface area contributed by atoms with Crippen LogP contribution in [0.4, 0.5) is 75.4 Å². The van der Waals surface area contributed by atoms with Crippen molar-refractivity contribution in [3.05, 3.63) is 144 Å². The molecule has 0 aromatic heterocycles. The van der Waals surface area contributed by atoms with Crippen LogP contribution in [0, 0.1) is 0 Å². The van der Waals surface area contributed by atoms with E-state index >= 15 is 0 Å². The van der Waals surface area contributed by atoms with Crippen molar-refractivity contribution in [2.24, 2.45) is 20.0 Å². The maximum absolute atomic E-state index is 11.3. The Bertz CT molecular complexity index is 2190. The second-order valence-corrected chi connectivity index (χ2v) is 11.3. The molecule has 0 amide bonds. The molecule has 0 aliphatic carbocycles. The molecule has 22 heteroatoms. The summed E-state index contributed by atoms with van der Waals surface area (Å²) in [7, 11) is 0. The molecule has 322 valence electrons. The Morgan fingerprint density at radius 2 is 0.733 bits per heavy atom. The summed E-state index contributed by atoms with van der Waals surface area (Å²) in [5.41, 5.74) is 8.70. The summed E-state index contributed by atoms with van der Waals surface area (Å²) in [6, 6.07) is 36.1. The van der Waals surface area contributed by atoms with E-state index < -0.39 is 59.9 Å². The molecule has 8 nitrogen and oxygen atoms in total. The van der Waals surface area contributed by atoms with Gasteiger partial charge in [-0.15, -0.1) is 0 Å². The molecule has 60 heavy (non-hydrogen) atoms. The number of hydrogen-bond donors (Lipinski definition) is 0. The monoisotopic (exact) mass is 1040 g/mol. The molecule has 2 aliphatic heterocycles. The number of allylic oxidation sites excluding steroid dienone is 4. The standard InChI is InChI=1S/C28H18N4.2C5H2F6O2.2Pd/c1-3-11-19(12-4-1)29-25-21-15-7-9-17-23(21)31-27(25)28-26(30-20-13-5-2-6-14-20)22-16-8-10-18-24(22)32-28;2*6-4(7,8)2(12)1-3(13)5(9,10)11;;/h1-18H;2*1,12H;;/p-2/b;2*2-1-;;. The van der Waals surface area contributed by atoms with Crippen LogP contribution in [0.1, 0.15) is 11.1 Å². The van der Waals surface area contributed by atoms with E-state index in [1.165, 1.54) is 0 Å². The SMILES string of the molecule is O=C(/C=C(\[O-])C(F)(F)F)C(F)(F)F.O=C(/C=C(\[O-])C(F)(F)F)C(F)(F)F.[Pd].[Pd].c1ccc(N=C2C(C3=Nc4ccccc4C3=Nc3ccccc3)=Nc3ccccc32)cc1. The number of hydrogen-bond acceptors (Lipinski definition) is 8. The van der Waals surface area contributed by atoms with Crippen molar-refractivity contribution in [1.82, 2.24) is 0 Å². The summed E-state index contributed by atoms with van der Waals surface area (Å²) in [4.78, 5) is 39.5.